The molecule has 0 saturated carbocycles. The summed E-state index contributed by atoms with van der Waals surface area (Å²) in [5, 5.41) is 3.00. The Morgan fingerprint density at radius 2 is 2.15 bits per heavy atom. The number of nitrogens with one attached hydrogen (secondary N) is 1. The van der Waals surface area contributed by atoms with Crippen LogP contribution in [0.5, 0.6) is 5.75 Å². The minimum absolute atomic E-state index is 0.0981. The molecule has 26 heavy (non-hydrogen) atoms. The Labute approximate surface area is 154 Å². The summed E-state index contributed by atoms with van der Waals surface area (Å²) >= 11 is 0. The molecule has 6 heteroatoms. The maximum atomic E-state index is 12.2. The molecule has 1 amide bonds. The molecule has 3 rings (SSSR count). The number of nitrogens with zero attached hydrogens (tertiary/aromatic N) is 3. The van der Waals surface area contributed by atoms with Crippen LogP contribution < -0.4 is 15.0 Å². The Morgan fingerprint density at radius 3 is 2.96 bits per heavy atom. The maximum Gasteiger partial charge on any atom is 0.225 e. The number of methoxy groups -OCH3 is 1. The highest BCUT2D eigenvalue weighted by Gasteiger charge is 2.22. The number of hydrogen-bond acceptors (Lipinski definition) is 5. The third kappa shape index (κ3) is 5.18. The first kappa shape index (κ1) is 18.2. The second-order valence-electron chi connectivity index (χ2n) is 6.67. The van der Waals surface area contributed by atoms with Gasteiger partial charge in [-0.2, -0.15) is 0 Å². The highest BCUT2D eigenvalue weighted by atomic mass is 16.5. The number of ether oxygens (including phenoxy) is 1. The summed E-state index contributed by atoms with van der Waals surface area (Å²) in [6, 6.07) is 9.59. The van der Waals surface area contributed by atoms with Gasteiger partial charge in [-0.3, -0.25) is 4.79 Å². The van der Waals surface area contributed by atoms with E-state index in [1.165, 1.54) is 0 Å². The lowest BCUT2D eigenvalue weighted by atomic mass is 9.93. The van der Waals surface area contributed by atoms with Crippen LogP contribution in [0.25, 0.3) is 0 Å². The molecule has 1 fully saturated rings. The van der Waals surface area contributed by atoms with Gasteiger partial charge in [0.25, 0.3) is 0 Å². The lowest BCUT2D eigenvalue weighted by molar-refractivity contribution is -0.121. The smallest absolute Gasteiger partial charge is 0.225 e. The SMILES string of the molecule is COc1cccc(CNC(=O)CCC2CCCN(c3ncccn3)C2)c1. The monoisotopic (exact) mass is 354 g/mol. The topological polar surface area (TPSA) is 67.3 Å². The van der Waals surface area contributed by atoms with Gasteiger partial charge in [0.15, 0.2) is 0 Å². The number of rotatable bonds is 7. The van der Waals surface area contributed by atoms with Gasteiger partial charge < -0.3 is 15.0 Å². The Kier molecular flexibility index (Phi) is 6.41. The summed E-state index contributed by atoms with van der Waals surface area (Å²) in [5.41, 5.74) is 1.04. The van der Waals surface area contributed by atoms with Gasteiger partial charge in [0, 0.05) is 38.4 Å². The minimum Gasteiger partial charge on any atom is -0.497 e. The zero-order valence-electron chi connectivity index (χ0n) is 15.2. The Morgan fingerprint density at radius 1 is 1.31 bits per heavy atom. The lowest BCUT2D eigenvalue weighted by Crippen LogP contribution is -2.37. The van der Waals surface area contributed by atoms with Gasteiger partial charge in [0.1, 0.15) is 5.75 Å². The van der Waals surface area contributed by atoms with Crippen LogP contribution in [-0.4, -0.2) is 36.1 Å². The zero-order valence-corrected chi connectivity index (χ0v) is 15.2. The van der Waals surface area contributed by atoms with Crippen molar-refractivity contribution in [3.8, 4) is 5.75 Å². The summed E-state index contributed by atoms with van der Waals surface area (Å²) < 4.78 is 5.21. The van der Waals surface area contributed by atoms with Crippen molar-refractivity contribution >= 4 is 11.9 Å². The molecule has 0 radical (unpaired) electrons. The molecule has 0 spiro atoms. The van der Waals surface area contributed by atoms with Crippen LogP contribution in [0.3, 0.4) is 0 Å². The standard InChI is InChI=1S/C20H26N4O2/c1-26-18-7-2-5-17(13-18)14-23-19(25)9-8-16-6-3-12-24(15-16)20-21-10-4-11-22-20/h2,4-5,7,10-11,13,16H,3,6,8-9,12,14-15H2,1H3,(H,23,25). The fourth-order valence-corrected chi connectivity index (χ4v) is 3.34. The fraction of sp³-hybridized carbons (Fsp3) is 0.450. The predicted octanol–water partition coefficient (Wildman–Crippen LogP) is 2.80. The average molecular weight is 354 g/mol. The summed E-state index contributed by atoms with van der Waals surface area (Å²) in [6.07, 6.45) is 7.28. The van der Waals surface area contributed by atoms with Gasteiger partial charge in [0.05, 0.1) is 7.11 Å². The van der Waals surface area contributed by atoms with Gasteiger partial charge in [-0.25, -0.2) is 9.97 Å². The van der Waals surface area contributed by atoms with E-state index in [9.17, 15) is 4.79 Å². The normalized spacial score (nSPS) is 17.0. The van der Waals surface area contributed by atoms with Crippen LogP contribution in [-0.2, 0) is 11.3 Å². The van der Waals surface area contributed by atoms with E-state index in [4.69, 9.17) is 4.74 Å². The quantitative estimate of drug-likeness (QED) is 0.828. The van der Waals surface area contributed by atoms with E-state index in [0.717, 1.165) is 49.6 Å². The molecule has 0 aliphatic carbocycles. The number of benzene rings is 1. The second kappa shape index (κ2) is 9.17. The third-order valence-corrected chi connectivity index (χ3v) is 4.76. The number of amides is 1. The lowest BCUT2D eigenvalue weighted by Gasteiger charge is -2.32. The molecule has 2 aromatic rings. The van der Waals surface area contributed by atoms with Crippen LogP contribution in [0.1, 0.15) is 31.2 Å². The van der Waals surface area contributed by atoms with Gasteiger partial charge in [-0.1, -0.05) is 12.1 Å². The molecule has 2 heterocycles. The van der Waals surface area contributed by atoms with E-state index >= 15 is 0 Å². The number of carbonyl (C=O) groups excluding carboxylic acids is 1. The molecule has 1 aliphatic heterocycles. The van der Waals surface area contributed by atoms with Crippen LogP contribution in [0, 0.1) is 5.92 Å². The predicted molar refractivity (Wildman–Crippen MR) is 101 cm³/mol. The van der Waals surface area contributed by atoms with E-state index < -0.39 is 0 Å². The Balaban J connectivity index is 1.42. The highest BCUT2D eigenvalue weighted by Crippen LogP contribution is 2.23. The van der Waals surface area contributed by atoms with Gasteiger partial charge >= 0.3 is 0 Å². The molecule has 138 valence electrons. The molecule has 0 bridgehead atoms. The molecule has 1 aromatic heterocycles. The van der Waals surface area contributed by atoms with E-state index in [1.807, 2.05) is 30.3 Å². The Bertz CT molecular complexity index is 708. The number of aromatic nitrogens is 2. The number of piperidine rings is 1. The average Bonchev–Trinajstić information content (AvgIpc) is 2.72. The summed E-state index contributed by atoms with van der Waals surface area (Å²) in [4.78, 5) is 23.1. The molecule has 1 aliphatic rings. The largest absolute Gasteiger partial charge is 0.497 e. The molecule has 1 unspecified atom stereocenters. The molecular formula is C20H26N4O2. The van der Waals surface area contributed by atoms with E-state index in [1.54, 1.807) is 19.5 Å². The van der Waals surface area contributed by atoms with Crippen LogP contribution in [0.4, 0.5) is 5.95 Å². The van der Waals surface area contributed by atoms with Crippen molar-refractivity contribution in [2.75, 3.05) is 25.1 Å². The highest BCUT2D eigenvalue weighted by molar-refractivity contribution is 5.75. The number of hydrogen-bond donors (Lipinski definition) is 1. The number of anilines is 1. The van der Waals surface area contributed by atoms with Crippen molar-refractivity contribution in [3.05, 3.63) is 48.3 Å². The fourth-order valence-electron chi connectivity index (χ4n) is 3.34. The Hall–Kier alpha value is -2.63. The van der Waals surface area contributed by atoms with Crippen LogP contribution in [0.15, 0.2) is 42.7 Å². The first-order valence-corrected chi connectivity index (χ1v) is 9.16. The second-order valence-corrected chi connectivity index (χ2v) is 6.67. The van der Waals surface area contributed by atoms with Crippen LogP contribution in [0.2, 0.25) is 0 Å². The molecule has 1 aromatic carbocycles. The summed E-state index contributed by atoms with van der Waals surface area (Å²) in [6.45, 7) is 2.44. The van der Waals surface area contributed by atoms with Gasteiger partial charge in [-0.05, 0) is 48.9 Å². The van der Waals surface area contributed by atoms with Crippen LogP contribution >= 0.6 is 0 Å². The maximum absolute atomic E-state index is 12.2. The first-order valence-electron chi connectivity index (χ1n) is 9.16. The van der Waals surface area contributed by atoms with Crippen molar-refractivity contribution < 1.29 is 9.53 Å². The van der Waals surface area contributed by atoms with Gasteiger partial charge in [0.2, 0.25) is 11.9 Å². The number of carbonyl (C=O) groups is 1. The van der Waals surface area contributed by atoms with Crippen molar-refractivity contribution in [2.24, 2.45) is 5.92 Å². The minimum atomic E-state index is 0.0981. The molecule has 1 saturated heterocycles. The van der Waals surface area contributed by atoms with Crippen molar-refractivity contribution in [3.63, 3.8) is 0 Å². The first-order chi connectivity index (χ1) is 12.7. The molecular weight excluding hydrogens is 328 g/mol. The van der Waals surface area contributed by atoms with E-state index in [2.05, 4.69) is 20.2 Å². The van der Waals surface area contributed by atoms with Crippen molar-refractivity contribution in [1.82, 2.24) is 15.3 Å². The van der Waals surface area contributed by atoms with E-state index in [-0.39, 0.29) is 5.91 Å². The molecule has 1 N–H and O–H groups in total. The summed E-state index contributed by atoms with van der Waals surface area (Å²) in [5.74, 6) is 2.21. The molecule has 6 nitrogen and oxygen atoms in total. The van der Waals surface area contributed by atoms with Crippen molar-refractivity contribution in [1.29, 1.82) is 0 Å². The van der Waals surface area contributed by atoms with Crippen molar-refractivity contribution in [2.45, 2.75) is 32.2 Å². The molecule has 1 atom stereocenters. The summed E-state index contributed by atoms with van der Waals surface area (Å²) in [7, 11) is 1.64. The third-order valence-electron chi connectivity index (χ3n) is 4.76. The zero-order chi connectivity index (χ0) is 18.2. The van der Waals surface area contributed by atoms with E-state index in [0.29, 0.717) is 18.9 Å². The van der Waals surface area contributed by atoms with Gasteiger partial charge in [-0.15, -0.1) is 0 Å².